The summed E-state index contributed by atoms with van der Waals surface area (Å²) in [4.78, 5) is 3.75. The Morgan fingerprint density at radius 2 is 2.38 bits per heavy atom. The molecule has 0 fully saturated rings. The van der Waals surface area contributed by atoms with E-state index in [0.29, 0.717) is 0 Å². The SMILES string of the molecule is COCOCC(O)c1ncc(S(N)(=O)=O)s1. The average molecular weight is 268 g/mol. The Morgan fingerprint density at radius 1 is 1.69 bits per heavy atom. The monoisotopic (exact) mass is 268 g/mol. The summed E-state index contributed by atoms with van der Waals surface area (Å²) in [5.41, 5.74) is 0. The topological polar surface area (TPSA) is 112 Å². The van der Waals surface area contributed by atoms with Crippen LogP contribution in [0.2, 0.25) is 0 Å². The second kappa shape index (κ2) is 5.66. The van der Waals surface area contributed by atoms with Gasteiger partial charge in [-0.15, -0.1) is 11.3 Å². The summed E-state index contributed by atoms with van der Waals surface area (Å²) in [5, 5.41) is 14.7. The van der Waals surface area contributed by atoms with Gasteiger partial charge in [0.2, 0.25) is 10.0 Å². The molecule has 92 valence electrons. The van der Waals surface area contributed by atoms with E-state index in [1.54, 1.807) is 0 Å². The summed E-state index contributed by atoms with van der Waals surface area (Å²) in [5.74, 6) is 0. The van der Waals surface area contributed by atoms with Gasteiger partial charge in [-0.05, 0) is 0 Å². The van der Waals surface area contributed by atoms with E-state index in [2.05, 4.69) is 9.72 Å². The Balaban J connectivity index is 2.64. The smallest absolute Gasteiger partial charge is 0.249 e. The van der Waals surface area contributed by atoms with Crippen molar-refractivity contribution in [1.82, 2.24) is 4.98 Å². The third-order valence-electron chi connectivity index (χ3n) is 1.54. The number of ether oxygens (including phenoxy) is 2. The number of nitrogens with zero attached hydrogens (tertiary/aromatic N) is 1. The Morgan fingerprint density at radius 3 is 2.88 bits per heavy atom. The fourth-order valence-electron chi connectivity index (χ4n) is 0.872. The second-order valence-electron chi connectivity index (χ2n) is 2.86. The molecule has 16 heavy (non-hydrogen) atoms. The van der Waals surface area contributed by atoms with Crippen LogP contribution in [0, 0.1) is 0 Å². The van der Waals surface area contributed by atoms with Crippen molar-refractivity contribution in [3.05, 3.63) is 11.2 Å². The van der Waals surface area contributed by atoms with Crippen LogP contribution in [-0.2, 0) is 19.5 Å². The van der Waals surface area contributed by atoms with Gasteiger partial charge in [0.15, 0.2) is 4.21 Å². The molecule has 3 N–H and O–H groups in total. The quantitative estimate of drug-likeness (QED) is 0.528. The van der Waals surface area contributed by atoms with E-state index in [4.69, 9.17) is 9.88 Å². The molecule has 0 saturated carbocycles. The number of primary sulfonamides is 1. The summed E-state index contributed by atoms with van der Waals surface area (Å²) in [7, 11) is -2.31. The molecule has 0 amide bonds. The standard InChI is InChI=1S/C7H12N2O5S2/c1-13-4-14-3-5(10)7-9-2-6(15-7)16(8,11)12/h2,5,10H,3-4H2,1H3,(H2,8,11,12). The van der Waals surface area contributed by atoms with Gasteiger partial charge in [-0.1, -0.05) is 0 Å². The van der Waals surface area contributed by atoms with Crippen molar-refractivity contribution >= 4 is 21.4 Å². The zero-order valence-electron chi connectivity index (χ0n) is 8.49. The lowest BCUT2D eigenvalue weighted by Crippen LogP contribution is -2.10. The van der Waals surface area contributed by atoms with Gasteiger partial charge in [0.1, 0.15) is 17.9 Å². The van der Waals surface area contributed by atoms with Crippen molar-refractivity contribution in [2.45, 2.75) is 10.3 Å². The maximum atomic E-state index is 10.9. The molecule has 1 aromatic rings. The van der Waals surface area contributed by atoms with Gasteiger partial charge in [-0.2, -0.15) is 0 Å². The van der Waals surface area contributed by atoms with Gasteiger partial charge in [-0.3, -0.25) is 0 Å². The first kappa shape index (κ1) is 13.5. The summed E-state index contributed by atoms with van der Waals surface area (Å²) in [6, 6.07) is 0. The van der Waals surface area contributed by atoms with Crippen LogP contribution in [0.1, 0.15) is 11.1 Å². The Bertz CT molecular complexity index is 430. The fraction of sp³-hybridized carbons (Fsp3) is 0.571. The number of thiazole rings is 1. The van der Waals surface area contributed by atoms with Gasteiger partial charge >= 0.3 is 0 Å². The molecular weight excluding hydrogens is 256 g/mol. The van der Waals surface area contributed by atoms with Crippen molar-refractivity contribution in [3.63, 3.8) is 0 Å². The highest BCUT2D eigenvalue weighted by molar-refractivity contribution is 7.91. The van der Waals surface area contributed by atoms with Crippen LogP contribution < -0.4 is 5.14 Å². The molecule has 9 heteroatoms. The number of nitrogens with two attached hydrogens (primary N) is 1. The van der Waals surface area contributed by atoms with Crippen LogP contribution in [-0.4, -0.2) is 39.0 Å². The van der Waals surface area contributed by atoms with Crippen LogP contribution in [0.5, 0.6) is 0 Å². The third kappa shape index (κ3) is 3.77. The predicted molar refractivity (Wildman–Crippen MR) is 56.3 cm³/mol. The number of hydrogen-bond donors (Lipinski definition) is 2. The van der Waals surface area contributed by atoms with Crippen molar-refractivity contribution in [3.8, 4) is 0 Å². The third-order valence-corrected chi connectivity index (χ3v) is 4.05. The Kier molecular flexibility index (Phi) is 4.77. The fourth-order valence-corrected chi connectivity index (χ4v) is 2.41. The molecule has 0 aliphatic heterocycles. The van der Waals surface area contributed by atoms with Crippen LogP contribution >= 0.6 is 11.3 Å². The number of rotatable bonds is 6. The normalized spacial score (nSPS) is 13.9. The summed E-state index contributed by atoms with van der Waals surface area (Å²) in [6.07, 6.45) is 0.116. The van der Waals surface area contributed by atoms with E-state index >= 15 is 0 Å². The van der Waals surface area contributed by atoms with Crippen LogP contribution in [0.4, 0.5) is 0 Å². The first-order chi connectivity index (χ1) is 7.45. The minimum Gasteiger partial charge on any atom is -0.383 e. The van der Waals surface area contributed by atoms with Crippen LogP contribution in [0.15, 0.2) is 10.4 Å². The molecule has 1 heterocycles. The largest absolute Gasteiger partial charge is 0.383 e. The molecule has 0 aliphatic rings. The highest BCUT2D eigenvalue weighted by Crippen LogP contribution is 2.22. The number of aliphatic hydroxyl groups excluding tert-OH is 1. The number of methoxy groups -OCH3 is 1. The first-order valence-corrected chi connectivity index (χ1v) is 6.54. The lowest BCUT2D eigenvalue weighted by Gasteiger charge is -2.07. The van der Waals surface area contributed by atoms with E-state index in [1.807, 2.05) is 0 Å². The molecule has 0 aliphatic carbocycles. The molecule has 1 aromatic heterocycles. The number of sulfonamides is 1. The van der Waals surface area contributed by atoms with Gasteiger partial charge in [0.05, 0.1) is 12.8 Å². The van der Waals surface area contributed by atoms with Crippen LogP contribution in [0.3, 0.4) is 0 Å². The summed E-state index contributed by atoms with van der Waals surface area (Å²) in [6.45, 7) is 0.0237. The molecule has 0 bridgehead atoms. The molecule has 7 nitrogen and oxygen atoms in total. The molecule has 0 spiro atoms. The molecule has 1 unspecified atom stereocenters. The molecular formula is C7H12N2O5S2. The maximum Gasteiger partial charge on any atom is 0.249 e. The van der Waals surface area contributed by atoms with E-state index in [-0.39, 0.29) is 22.6 Å². The van der Waals surface area contributed by atoms with E-state index in [0.717, 1.165) is 17.5 Å². The maximum absolute atomic E-state index is 10.9. The van der Waals surface area contributed by atoms with E-state index in [1.165, 1.54) is 7.11 Å². The van der Waals surface area contributed by atoms with E-state index in [9.17, 15) is 13.5 Å². The van der Waals surface area contributed by atoms with Crippen molar-refractivity contribution in [2.24, 2.45) is 5.14 Å². The Hall–Kier alpha value is -0.580. The molecule has 1 rings (SSSR count). The zero-order valence-corrected chi connectivity index (χ0v) is 10.1. The minimum absolute atomic E-state index is 0.0224. The molecule has 1 atom stereocenters. The Labute approximate surface area is 96.9 Å². The zero-order chi connectivity index (χ0) is 12.2. The number of aromatic nitrogens is 1. The van der Waals surface area contributed by atoms with Crippen molar-refractivity contribution < 1.29 is 23.0 Å². The highest BCUT2D eigenvalue weighted by atomic mass is 32.2. The second-order valence-corrected chi connectivity index (χ2v) is 5.71. The van der Waals surface area contributed by atoms with E-state index < -0.39 is 16.1 Å². The molecule has 0 radical (unpaired) electrons. The number of hydrogen-bond acceptors (Lipinski definition) is 7. The summed E-state index contributed by atoms with van der Waals surface area (Å²) >= 11 is 0.811. The lowest BCUT2D eigenvalue weighted by molar-refractivity contribution is -0.0621. The van der Waals surface area contributed by atoms with Crippen molar-refractivity contribution in [1.29, 1.82) is 0 Å². The summed E-state index contributed by atoms with van der Waals surface area (Å²) < 4.78 is 31.3. The van der Waals surface area contributed by atoms with Gasteiger partial charge < -0.3 is 14.6 Å². The average Bonchev–Trinajstić information content (AvgIpc) is 2.66. The molecule has 0 aromatic carbocycles. The first-order valence-electron chi connectivity index (χ1n) is 4.18. The highest BCUT2D eigenvalue weighted by Gasteiger charge is 2.17. The predicted octanol–water partition coefficient (Wildman–Crippen LogP) is -0.556. The van der Waals surface area contributed by atoms with Gasteiger partial charge in [0.25, 0.3) is 0 Å². The lowest BCUT2D eigenvalue weighted by atomic mass is 10.4. The molecule has 0 saturated heterocycles. The minimum atomic E-state index is -3.76. The van der Waals surface area contributed by atoms with Crippen LogP contribution in [0.25, 0.3) is 0 Å². The number of aliphatic hydroxyl groups is 1. The van der Waals surface area contributed by atoms with Gasteiger partial charge in [-0.25, -0.2) is 18.5 Å². The van der Waals surface area contributed by atoms with Gasteiger partial charge in [0, 0.05) is 7.11 Å². The van der Waals surface area contributed by atoms with Crippen molar-refractivity contribution in [2.75, 3.05) is 20.5 Å².